The third-order valence-corrected chi connectivity index (χ3v) is 5.34. The van der Waals surface area contributed by atoms with Gasteiger partial charge in [0.05, 0.1) is 6.61 Å². The van der Waals surface area contributed by atoms with E-state index in [1.165, 1.54) is 12.1 Å². The number of hydrogen-bond donors (Lipinski definition) is 1. The van der Waals surface area contributed by atoms with Crippen LogP contribution in [-0.2, 0) is 24.4 Å². The highest BCUT2D eigenvalue weighted by atomic mass is 32.2. The lowest BCUT2D eigenvalue weighted by Crippen LogP contribution is -2.15. The third kappa shape index (κ3) is 3.46. The van der Waals surface area contributed by atoms with Crippen molar-refractivity contribution in [1.82, 2.24) is 0 Å². The van der Waals surface area contributed by atoms with E-state index >= 15 is 0 Å². The zero-order chi connectivity index (χ0) is 16.5. The summed E-state index contributed by atoms with van der Waals surface area (Å²) in [5, 5.41) is 0.711. The molecular formula is C14H16O6S2. The summed E-state index contributed by atoms with van der Waals surface area (Å²) in [4.78, 5) is -1.22. The maximum atomic E-state index is 12.4. The van der Waals surface area contributed by atoms with Crippen molar-refractivity contribution in [3.8, 4) is 0 Å². The standard InChI is InChI=1S/C14H16O6S2/c1-10(2)9-20-22(18,19)14-12-6-4-3-5-11(12)7-8-13(14)21(15,16)17/h3-8,10H,9H2,1-2H3,(H,15,16,17). The minimum absolute atomic E-state index is 0.0565. The molecule has 2 rings (SSSR count). The van der Waals surface area contributed by atoms with Crippen molar-refractivity contribution in [2.24, 2.45) is 5.92 Å². The van der Waals surface area contributed by atoms with E-state index in [1.54, 1.807) is 32.0 Å². The lowest BCUT2D eigenvalue weighted by molar-refractivity contribution is 0.274. The molecule has 2 aromatic rings. The van der Waals surface area contributed by atoms with Crippen LogP contribution in [-0.4, -0.2) is 28.0 Å². The summed E-state index contributed by atoms with van der Waals surface area (Å²) in [5.74, 6) is -0.0565. The first kappa shape index (κ1) is 16.9. The number of hydrogen-bond acceptors (Lipinski definition) is 5. The molecule has 0 fully saturated rings. The van der Waals surface area contributed by atoms with Crippen molar-refractivity contribution in [3.63, 3.8) is 0 Å². The van der Waals surface area contributed by atoms with Gasteiger partial charge in [-0.1, -0.05) is 44.2 Å². The van der Waals surface area contributed by atoms with Crippen molar-refractivity contribution >= 4 is 31.0 Å². The molecule has 2 aromatic carbocycles. The van der Waals surface area contributed by atoms with Gasteiger partial charge in [0.25, 0.3) is 20.2 Å². The summed E-state index contributed by atoms with van der Waals surface area (Å²) in [6.07, 6.45) is 0. The van der Waals surface area contributed by atoms with Gasteiger partial charge in [0.2, 0.25) is 0 Å². The second-order valence-electron chi connectivity index (χ2n) is 5.22. The van der Waals surface area contributed by atoms with E-state index in [0.29, 0.717) is 5.39 Å². The molecule has 22 heavy (non-hydrogen) atoms. The van der Waals surface area contributed by atoms with Gasteiger partial charge in [-0.15, -0.1) is 0 Å². The van der Waals surface area contributed by atoms with Gasteiger partial charge in [0.1, 0.15) is 9.79 Å². The molecule has 0 aliphatic rings. The summed E-state index contributed by atoms with van der Waals surface area (Å²) in [6, 6.07) is 8.88. The summed E-state index contributed by atoms with van der Waals surface area (Å²) in [5.41, 5.74) is 0. The van der Waals surface area contributed by atoms with Gasteiger partial charge >= 0.3 is 0 Å². The molecule has 1 N–H and O–H groups in total. The predicted octanol–water partition coefficient (Wildman–Crippen LogP) is 2.45. The maximum absolute atomic E-state index is 12.4. The molecule has 120 valence electrons. The molecule has 0 aromatic heterocycles. The van der Waals surface area contributed by atoms with Crippen LogP contribution in [0.2, 0.25) is 0 Å². The van der Waals surface area contributed by atoms with Gasteiger partial charge in [-0.05, 0) is 17.4 Å². The first-order valence-electron chi connectivity index (χ1n) is 6.51. The first-order chi connectivity index (χ1) is 10.1. The van der Waals surface area contributed by atoms with Crippen molar-refractivity contribution in [3.05, 3.63) is 36.4 Å². The summed E-state index contributed by atoms with van der Waals surface area (Å²) >= 11 is 0. The molecule has 8 heteroatoms. The Balaban J connectivity index is 2.79. The van der Waals surface area contributed by atoms with E-state index in [9.17, 15) is 21.4 Å². The Kier molecular flexibility index (Phi) is 4.57. The van der Waals surface area contributed by atoms with Crippen LogP contribution in [0.4, 0.5) is 0 Å². The zero-order valence-corrected chi connectivity index (χ0v) is 13.7. The Morgan fingerprint density at radius 1 is 1.05 bits per heavy atom. The quantitative estimate of drug-likeness (QED) is 0.661. The minimum Gasteiger partial charge on any atom is -0.282 e. The zero-order valence-electron chi connectivity index (χ0n) is 12.1. The lowest BCUT2D eigenvalue weighted by atomic mass is 10.1. The fourth-order valence-electron chi connectivity index (χ4n) is 1.97. The average Bonchev–Trinajstić information content (AvgIpc) is 2.43. The molecule has 0 aliphatic carbocycles. The molecule has 0 unspecified atom stereocenters. The molecule has 0 amide bonds. The van der Waals surface area contributed by atoms with Crippen LogP contribution < -0.4 is 0 Å². The molecule has 0 aliphatic heterocycles. The van der Waals surface area contributed by atoms with E-state index in [2.05, 4.69) is 0 Å². The van der Waals surface area contributed by atoms with Crippen LogP contribution in [0.15, 0.2) is 46.2 Å². The molecule has 0 atom stereocenters. The van der Waals surface area contributed by atoms with Crippen LogP contribution >= 0.6 is 0 Å². The van der Waals surface area contributed by atoms with Crippen molar-refractivity contribution in [2.75, 3.05) is 6.61 Å². The Morgan fingerprint density at radius 3 is 2.27 bits per heavy atom. The molecule has 0 saturated heterocycles. The molecule has 0 bridgehead atoms. The first-order valence-corrected chi connectivity index (χ1v) is 9.36. The number of fused-ring (bicyclic) bond motifs is 1. The summed E-state index contributed by atoms with van der Waals surface area (Å²) < 4.78 is 62.1. The van der Waals surface area contributed by atoms with E-state index in [0.717, 1.165) is 6.07 Å². The maximum Gasteiger partial charge on any atom is 0.299 e. The van der Waals surface area contributed by atoms with Gasteiger partial charge in [0.15, 0.2) is 0 Å². The molecule has 0 spiro atoms. The Hall–Kier alpha value is -1.48. The van der Waals surface area contributed by atoms with Crippen LogP contribution in [0.1, 0.15) is 13.8 Å². The van der Waals surface area contributed by atoms with Gasteiger partial charge in [-0.3, -0.25) is 8.74 Å². The highest BCUT2D eigenvalue weighted by Crippen LogP contribution is 2.31. The SMILES string of the molecule is CC(C)COS(=O)(=O)c1c(S(=O)(=O)O)ccc2ccccc12. The minimum atomic E-state index is -4.71. The van der Waals surface area contributed by atoms with Crippen molar-refractivity contribution in [2.45, 2.75) is 23.6 Å². The van der Waals surface area contributed by atoms with E-state index in [4.69, 9.17) is 4.18 Å². The number of benzene rings is 2. The number of rotatable bonds is 5. The fourth-order valence-corrected chi connectivity index (χ4v) is 4.51. The predicted molar refractivity (Wildman–Crippen MR) is 81.7 cm³/mol. The average molecular weight is 344 g/mol. The van der Waals surface area contributed by atoms with Crippen LogP contribution in [0.25, 0.3) is 10.8 Å². The van der Waals surface area contributed by atoms with Gasteiger partial charge < -0.3 is 0 Å². The summed E-state index contributed by atoms with van der Waals surface area (Å²) in [7, 11) is -9.04. The van der Waals surface area contributed by atoms with Gasteiger partial charge in [-0.2, -0.15) is 16.8 Å². The van der Waals surface area contributed by atoms with Crippen LogP contribution in [0.5, 0.6) is 0 Å². The topological polar surface area (TPSA) is 97.7 Å². The van der Waals surface area contributed by atoms with Gasteiger partial charge in [0, 0.05) is 5.39 Å². The molecule has 6 nitrogen and oxygen atoms in total. The van der Waals surface area contributed by atoms with E-state index in [-0.39, 0.29) is 17.9 Å². The monoisotopic (exact) mass is 344 g/mol. The molecule has 0 radical (unpaired) electrons. The van der Waals surface area contributed by atoms with Gasteiger partial charge in [-0.25, -0.2) is 0 Å². The van der Waals surface area contributed by atoms with Crippen molar-refractivity contribution in [1.29, 1.82) is 0 Å². The highest BCUT2D eigenvalue weighted by Gasteiger charge is 2.28. The fraction of sp³-hybridized carbons (Fsp3) is 0.286. The molecular weight excluding hydrogens is 328 g/mol. The second kappa shape index (κ2) is 5.96. The molecule has 0 saturated carbocycles. The largest absolute Gasteiger partial charge is 0.299 e. The Bertz CT molecular complexity index is 898. The normalized spacial score (nSPS) is 12.9. The lowest BCUT2D eigenvalue weighted by Gasteiger charge is -2.13. The second-order valence-corrected chi connectivity index (χ2v) is 8.16. The Labute approximate surface area is 129 Å². The van der Waals surface area contributed by atoms with Crippen LogP contribution in [0, 0.1) is 5.92 Å². The smallest absolute Gasteiger partial charge is 0.282 e. The van der Waals surface area contributed by atoms with E-state index in [1.807, 2.05) is 0 Å². The third-order valence-electron chi connectivity index (χ3n) is 2.93. The Morgan fingerprint density at radius 2 is 1.68 bits per heavy atom. The highest BCUT2D eigenvalue weighted by molar-refractivity contribution is 7.89. The summed E-state index contributed by atoms with van der Waals surface area (Å²) in [6.45, 7) is 3.45. The van der Waals surface area contributed by atoms with E-state index < -0.39 is 30.0 Å². The van der Waals surface area contributed by atoms with Crippen molar-refractivity contribution < 1.29 is 25.6 Å². The van der Waals surface area contributed by atoms with Crippen LogP contribution in [0.3, 0.4) is 0 Å². The molecule has 0 heterocycles.